The van der Waals surface area contributed by atoms with E-state index in [-0.39, 0.29) is 12.8 Å². The van der Waals surface area contributed by atoms with E-state index in [0.29, 0.717) is 0 Å². The second-order valence-electron chi connectivity index (χ2n) is 7.93. The molecule has 1 unspecified atom stereocenters. The van der Waals surface area contributed by atoms with E-state index < -0.39 is 0 Å². The average Bonchev–Trinajstić information content (AvgIpc) is 3.38. The van der Waals surface area contributed by atoms with E-state index in [2.05, 4.69) is 64.5 Å². The van der Waals surface area contributed by atoms with Crippen LogP contribution >= 0.6 is 11.6 Å². The number of nitrogens with zero attached hydrogens (tertiary/aromatic N) is 1. The van der Waals surface area contributed by atoms with Crippen LogP contribution in [-0.2, 0) is 13.0 Å². The van der Waals surface area contributed by atoms with E-state index in [9.17, 15) is 0 Å². The molecule has 0 saturated carbocycles. The summed E-state index contributed by atoms with van der Waals surface area (Å²) in [7, 11) is 0. The fourth-order valence-electron chi connectivity index (χ4n) is 4.76. The molecule has 0 saturated heterocycles. The van der Waals surface area contributed by atoms with Crippen molar-refractivity contribution in [3.63, 3.8) is 0 Å². The van der Waals surface area contributed by atoms with E-state index in [1.807, 2.05) is 12.1 Å². The summed E-state index contributed by atoms with van der Waals surface area (Å²) in [4.78, 5) is 6.24. The fraction of sp³-hybridized carbons (Fsp3) is 0.200. The van der Waals surface area contributed by atoms with Crippen LogP contribution in [0.15, 0.2) is 66.7 Å². The third kappa shape index (κ3) is 2.95. The van der Waals surface area contributed by atoms with Crippen LogP contribution in [0.1, 0.15) is 28.4 Å². The molecular formula is C25H21ClN2O2. The summed E-state index contributed by atoms with van der Waals surface area (Å²) in [5.74, 6) is 1.63. The molecule has 0 spiro atoms. The number of benzene rings is 3. The van der Waals surface area contributed by atoms with Gasteiger partial charge in [-0.2, -0.15) is 0 Å². The van der Waals surface area contributed by atoms with Crippen LogP contribution in [0.4, 0.5) is 0 Å². The van der Waals surface area contributed by atoms with Crippen LogP contribution in [-0.4, -0.2) is 23.2 Å². The van der Waals surface area contributed by atoms with Gasteiger partial charge in [0.1, 0.15) is 0 Å². The Hall–Kier alpha value is -2.95. The summed E-state index contributed by atoms with van der Waals surface area (Å²) in [6.45, 7) is 2.14. The van der Waals surface area contributed by atoms with Crippen LogP contribution in [0.5, 0.6) is 11.5 Å². The molecule has 0 radical (unpaired) electrons. The van der Waals surface area contributed by atoms with Gasteiger partial charge in [-0.25, -0.2) is 0 Å². The predicted octanol–water partition coefficient (Wildman–Crippen LogP) is 5.70. The lowest BCUT2D eigenvalue weighted by Gasteiger charge is -2.36. The molecule has 2 aliphatic heterocycles. The Morgan fingerprint density at radius 1 is 0.967 bits per heavy atom. The van der Waals surface area contributed by atoms with E-state index in [1.54, 1.807) is 0 Å². The molecule has 150 valence electrons. The fourth-order valence-corrected chi connectivity index (χ4v) is 4.93. The summed E-state index contributed by atoms with van der Waals surface area (Å²) in [5.41, 5.74) is 6.25. The van der Waals surface area contributed by atoms with Crippen LogP contribution in [0.3, 0.4) is 0 Å². The highest BCUT2D eigenvalue weighted by molar-refractivity contribution is 6.31. The highest BCUT2D eigenvalue weighted by Crippen LogP contribution is 2.42. The molecular weight excluding hydrogens is 396 g/mol. The smallest absolute Gasteiger partial charge is 0.231 e. The largest absolute Gasteiger partial charge is 0.454 e. The number of fused-ring (bicyclic) bond motifs is 4. The van der Waals surface area contributed by atoms with Crippen molar-refractivity contribution in [2.75, 3.05) is 13.3 Å². The lowest BCUT2D eigenvalue weighted by molar-refractivity contribution is 0.173. The normalized spacial score (nSPS) is 18.0. The molecule has 0 fully saturated rings. The number of hydrogen-bond acceptors (Lipinski definition) is 3. The molecule has 0 aliphatic carbocycles. The second kappa shape index (κ2) is 7.08. The number of ether oxygens (including phenoxy) is 2. The molecule has 4 aromatic rings. The van der Waals surface area contributed by atoms with Gasteiger partial charge in [0.15, 0.2) is 11.5 Å². The molecule has 5 heteroatoms. The lowest BCUT2D eigenvalue weighted by atomic mass is 9.91. The molecule has 1 atom stereocenters. The van der Waals surface area contributed by atoms with Gasteiger partial charge in [-0.15, -0.1) is 0 Å². The minimum atomic E-state index is 0.106. The first kappa shape index (κ1) is 17.9. The number of nitrogens with one attached hydrogen (secondary N) is 1. The van der Waals surface area contributed by atoms with Crippen LogP contribution in [0, 0.1) is 0 Å². The molecule has 0 amide bonds. The van der Waals surface area contributed by atoms with Crippen molar-refractivity contribution in [2.24, 2.45) is 0 Å². The van der Waals surface area contributed by atoms with Gasteiger partial charge in [-0.1, -0.05) is 48.0 Å². The van der Waals surface area contributed by atoms with Gasteiger partial charge >= 0.3 is 0 Å². The highest BCUT2D eigenvalue weighted by Gasteiger charge is 2.32. The van der Waals surface area contributed by atoms with Crippen molar-refractivity contribution in [1.29, 1.82) is 0 Å². The molecule has 3 heterocycles. The van der Waals surface area contributed by atoms with Gasteiger partial charge in [-0.05, 0) is 53.4 Å². The standard InChI is InChI=1S/C25H21ClN2O2/c26-18-7-8-21-20(13-18)19-10-11-28(14-16-4-2-1-3-5-16)25(24(19)27-21)17-6-9-22-23(12-17)30-15-29-22/h1-9,12-13,25,27H,10-11,14-15H2. The number of aromatic nitrogens is 1. The summed E-state index contributed by atoms with van der Waals surface area (Å²) >= 11 is 6.32. The topological polar surface area (TPSA) is 37.5 Å². The van der Waals surface area contributed by atoms with Crippen molar-refractivity contribution in [1.82, 2.24) is 9.88 Å². The molecule has 1 N–H and O–H groups in total. The Morgan fingerprint density at radius 2 is 1.83 bits per heavy atom. The van der Waals surface area contributed by atoms with Crippen molar-refractivity contribution in [3.05, 3.63) is 94.1 Å². The van der Waals surface area contributed by atoms with Gasteiger partial charge in [-0.3, -0.25) is 4.90 Å². The maximum absolute atomic E-state index is 6.32. The third-order valence-electron chi connectivity index (χ3n) is 6.13. The number of halogens is 1. The second-order valence-corrected chi connectivity index (χ2v) is 8.36. The van der Waals surface area contributed by atoms with Gasteiger partial charge in [0.05, 0.1) is 6.04 Å². The first-order chi connectivity index (χ1) is 14.8. The summed E-state index contributed by atoms with van der Waals surface area (Å²) in [6, 6.07) is 23.2. The monoisotopic (exact) mass is 416 g/mol. The summed E-state index contributed by atoms with van der Waals surface area (Å²) < 4.78 is 11.2. The Labute approximate surface area is 180 Å². The third-order valence-corrected chi connectivity index (χ3v) is 6.36. The maximum Gasteiger partial charge on any atom is 0.231 e. The maximum atomic E-state index is 6.32. The first-order valence-electron chi connectivity index (χ1n) is 10.2. The molecule has 6 rings (SSSR count). The van der Waals surface area contributed by atoms with Crippen molar-refractivity contribution < 1.29 is 9.47 Å². The van der Waals surface area contributed by atoms with Crippen molar-refractivity contribution >= 4 is 22.5 Å². The molecule has 30 heavy (non-hydrogen) atoms. The van der Waals surface area contributed by atoms with E-state index in [4.69, 9.17) is 21.1 Å². The SMILES string of the molecule is Clc1ccc2[nH]c3c(c2c1)CCN(Cc1ccccc1)C3c1ccc2c(c1)OCO2. The van der Waals surface area contributed by atoms with Crippen LogP contribution < -0.4 is 9.47 Å². The van der Waals surface area contributed by atoms with Crippen molar-refractivity contribution in [2.45, 2.75) is 19.0 Å². The first-order valence-corrected chi connectivity index (χ1v) is 10.6. The number of aromatic amines is 1. The average molecular weight is 417 g/mol. The Balaban J connectivity index is 1.49. The summed E-state index contributed by atoms with van der Waals surface area (Å²) in [6.07, 6.45) is 0.990. The van der Waals surface area contributed by atoms with Crippen LogP contribution in [0.25, 0.3) is 10.9 Å². The summed E-state index contributed by atoms with van der Waals surface area (Å²) in [5, 5.41) is 2.00. The van der Waals surface area contributed by atoms with Gasteiger partial charge in [0.25, 0.3) is 0 Å². The number of hydrogen-bond donors (Lipinski definition) is 1. The minimum Gasteiger partial charge on any atom is -0.454 e. The molecule has 2 aliphatic rings. The number of rotatable bonds is 3. The number of H-pyrrole nitrogens is 1. The Bertz CT molecular complexity index is 1230. The molecule has 3 aromatic carbocycles. The highest BCUT2D eigenvalue weighted by atomic mass is 35.5. The van der Waals surface area contributed by atoms with E-state index >= 15 is 0 Å². The molecule has 0 bridgehead atoms. The zero-order chi connectivity index (χ0) is 20.1. The van der Waals surface area contributed by atoms with Gasteiger partial charge in [0, 0.05) is 34.7 Å². The Morgan fingerprint density at radius 3 is 2.73 bits per heavy atom. The Kier molecular flexibility index (Phi) is 4.22. The van der Waals surface area contributed by atoms with E-state index in [0.717, 1.165) is 41.5 Å². The van der Waals surface area contributed by atoms with Gasteiger partial charge < -0.3 is 14.5 Å². The zero-order valence-corrected chi connectivity index (χ0v) is 17.2. The molecule has 1 aromatic heterocycles. The predicted molar refractivity (Wildman–Crippen MR) is 118 cm³/mol. The van der Waals surface area contributed by atoms with Crippen molar-refractivity contribution in [3.8, 4) is 11.5 Å². The quantitative estimate of drug-likeness (QED) is 0.465. The molecule has 4 nitrogen and oxygen atoms in total. The lowest BCUT2D eigenvalue weighted by Crippen LogP contribution is -2.35. The van der Waals surface area contributed by atoms with Gasteiger partial charge in [0.2, 0.25) is 6.79 Å². The van der Waals surface area contributed by atoms with Crippen LogP contribution in [0.2, 0.25) is 5.02 Å². The minimum absolute atomic E-state index is 0.106. The zero-order valence-electron chi connectivity index (χ0n) is 16.4. The van der Waals surface area contributed by atoms with E-state index in [1.165, 1.54) is 27.8 Å².